The number of hydrogen-bond donors (Lipinski definition) is 0. The van der Waals surface area contributed by atoms with Crippen LogP contribution in [-0.4, -0.2) is 15.4 Å². The Kier molecular flexibility index (Phi) is 7.92. The highest BCUT2D eigenvalue weighted by atomic mass is 16.5. The highest BCUT2D eigenvalue weighted by Crippen LogP contribution is 2.58. The summed E-state index contributed by atoms with van der Waals surface area (Å²) < 4.78 is 9.76. The summed E-state index contributed by atoms with van der Waals surface area (Å²) >= 11 is 0. The molecule has 2 atom stereocenters. The van der Waals surface area contributed by atoms with Gasteiger partial charge in [-0.2, -0.15) is 0 Å². The van der Waals surface area contributed by atoms with Crippen molar-refractivity contribution in [2.75, 3.05) is 0 Å². The molecule has 0 unspecified atom stereocenters. The zero-order valence-corrected chi connectivity index (χ0v) is 35.3. The van der Waals surface area contributed by atoms with Gasteiger partial charge in [-0.25, -0.2) is 4.99 Å². The molecule has 282 valence electrons. The largest absolute Gasteiger partial charge is 0.464 e. The zero-order chi connectivity index (χ0) is 39.7. The number of aromatic nitrogens is 2. The molecule has 0 amide bonds. The van der Waals surface area contributed by atoms with Gasteiger partial charge in [-0.05, 0) is 178 Å². The van der Waals surface area contributed by atoms with Crippen molar-refractivity contribution in [3.63, 3.8) is 0 Å². The summed E-state index contributed by atoms with van der Waals surface area (Å²) in [5, 5.41) is 2.47. The van der Waals surface area contributed by atoms with Crippen LogP contribution in [0.2, 0.25) is 0 Å². The van der Waals surface area contributed by atoms with Crippen molar-refractivity contribution in [1.82, 2.24) is 9.55 Å². The molecule has 7 aromatic rings. The van der Waals surface area contributed by atoms with E-state index in [2.05, 4.69) is 167 Å². The van der Waals surface area contributed by atoms with Gasteiger partial charge in [-0.15, -0.1) is 0 Å². The van der Waals surface area contributed by atoms with E-state index in [9.17, 15) is 0 Å². The number of aryl methyl sites for hydroxylation is 5. The van der Waals surface area contributed by atoms with E-state index >= 15 is 0 Å². The van der Waals surface area contributed by atoms with Crippen LogP contribution in [0.15, 0.2) is 84.0 Å². The number of hydrogen-bond acceptors (Lipinski definition) is 3. The van der Waals surface area contributed by atoms with E-state index in [1.165, 1.54) is 88.6 Å². The lowest BCUT2D eigenvalue weighted by Crippen LogP contribution is -2.34. The summed E-state index contributed by atoms with van der Waals surface area (Å²) in [6.07, 6.45) is 1.94. The Morgan fingerprint density at radius 1 is 0.643 bits per heavy atom. The van der Waals surface area contributed by atoms with Crippen molar-refractivity contribution in [3.8, 4) is 28.1 Å². The number of ether oxygens (including phenoxy) is 1. The third kappa shape index (κ3) is 5.17. The molecular formula is C52H53N3O. The van der Waals surface area contributed by atoms with Gasteiger partial charge in [0.25, 0.3) is 0 Å². The number of aliphatic imine (C=N–C) groups is 1. The van der Waals surface area contributed by atoms with Gasteiger partial charge in [0.1, 0.15) is 6.04 Å². The third-order valence-corrected chi connectivity index (χ3v) is 13.4. The van der Waals surface area contributed by atoms with Gasteiger partial charge < -0.3 is 9.30 Å². The van der Waals surface area contributed by atoms with Gasteiger partial charge in [-0.1, -0.05) is 62.7 Å². The minimum atomic E-state index is -0.652. The van der Waals surface area contributed by atoms with Crippen molar-refractivity contribution < 1.29 is 4.74 Å². The topological polar surface area (TPSA) is 39.4 Å². The first-order valence-electron chi connectivity index (χ1n) is 20.1. The van der Waals surface area contributed by atoms with Crippen molar-refractivity contribution in [2.45, 2.75) is 107 Å². The molecule has 4 nitrogen and oxygen atoms in total. The smallest absolute Gasteiger partial charge is 0.218 e. The molecule has 1 aliphatic carbocycles. The molecule has 2 aromatic heterocycles. The van der Waals surface area contributed by atoms with Gasteiger partial charge in [-0.3, -0.25) is 4.98 Å². The minimum absolute atomic E-state index is 0.0284. The number of pyridine rings is 1. The Labute approximate surface area is 332 Å². The maximum Gasteiger partial charge on any atom is 0.218 e. The van der Waals surface area contributed by atoms with Gasteiger partial charge >= 0.3 is 0 Å². The molecular weight excluding hydrogens is 683 g/mol. The first kappa shape index (κ1) is 36.2. The van der Waals surface area contributed by atoms with Crippen LogP contribution in [0.5, 0.6) is 0 Å². The Balaban J connectivity index is 1.26. The molecule has 0 saturated carbocycles. The predicted molar refractivity (Wildman–Crippen MR) is 235 cm³/mol. The van der Waals surface area contributed by atoms with Crippen molar-refractivity contribution >= 4 is 27.7 Å². The normalized spacial score (nSPS) is 17.5. The van der Waals surface area contributed by atoms with Crippen LogP contribution >= 0.6 is 0 Å². The lowest BCUT2D eigenvalue weighted by molar-refractivity contribution is 0.0725. The first-order valence-corrected chi connectivity index (χ1v) is 20.1. The molecule has 5 aromatic carbocycles. The second-order valence-corrected chi connectivity index (χ2v) is 18.0. The maximum atomic E-state index is 7.31. The van der Waals surface area contributed by atoms with Crippen LogP contribution < -0.4 is 0 Å². The maximum absolute atomic E-state index is 7.31. The van der Waals surface area contributed by atoms with E-state index in [-0.39, 0.29) is 11.5 Å². The third-order valence-electron chi connectivity index (χ3n) is 13.4. The van der Waals surface area contributed by atoms with Gasteiger partial charge in [0.15, 0.2) is 5.60 Å². The molecule has 0 bridgehead atoms. The average molecular weight is 736 g/mol. The fraction of sp³-hybridized carbons (Fsp3) is 0.308. The quantitative estimate of drug-likeness (QED) is 0.181. The number of rotatable bonds is 3. The zero-order valence-electron chi connectivity index (χ0n) is 35.3. The highest BCUT2D eigenvalue weighted by molar-refractivity contribution is 6.11. The first-order chi connectivity index (χ1) is 26.5. The summed E-state index contributed by atoms with van der Waals surface area (Å²) in [6.45, 7) is 29.2. The predicted octanol–water partition coefficient (Wildman–Crippen LogP) is 13.3. The summed E-state index contributed by atoms with van der Waals surface area (Å²) in [7, 11) is 0. The summed E-state index contributed by atoms with van der Waals surface area (Å²) in [5.74, 6) is 0.710. The molecule has 3 heterocycles. The molecule has 0 N–H and O–H groups in total. The lowest BCUT2D eigenvalue weighted by atomic mass is 9.69. The molecule has 1 aliphatic heterocycles. The summed E-state index contributed by atoms with van der Waals surface area (Å²) in [5.41, 5.74) is 23.9. The molecule has 0 spiro atoms. The van der Waals surface area contributed by atoms with Gasteiger partial charge in [0, 0.05) is 39.3 Å². The van der Waals surface area contributed by atoms with Crippen LogP contribution in [0.1, 0.15) is 106 Å². The van der Waals surface area contributed by atoms with Crippen molar-refractivity contribution in [2.24, 2.45) is 4.99 Å². The Morgan fingerprint density at radius 3 is 2.09 bits per heavy atom. The van der Waals surface area contributed by atoms with Crippen molar-refractivity contribution in [3.05, 3.63) is 151 Å². The molecule has 4 heteroatoms. The standard InChI is InChI=1S/C52H53N3O/c1-27-14-17-44-40(20-27)38-16-15-36(43-25-37(18-19-53-43)51(10,11)12)24-46(38)55(44)45-26-39(30(4)21-31(45)5)50-54-49-41-22-28(2)32(6)34(8)47(41)48-35(9)33(7)29(3)23-42(48)52(49,13)56-50/h14-26,49H,1-13H3/t49-,52+/m1/s1. The minimum Gasteiger partial charge on any atom is -0.464 e. The van der Waals surface area contributed by atoms with Crippen LogP contribution in [0.3, 0.4) is 0 Å². The van der Waals surface area contributed by atoms with Crippen LogP contribution in [-0.2, 0) is 15.8 Å². The SMILES string of the molecule is Cc1ccc2c(c1)c1ccc(-c3cc(C(C)(C)C)ccn3)cc1n2-c1cc(C2=N[C@@H]3c4cc(C)c(C)c(C)c4-c4c(cc(C)c(C)c4C)[C@]3(C)O2)c(C)cc1C. The van der Waals surface area contributed by atoms with Gasteiger partial charge in [0.05, 0.1) is 16.7 Å². The molecule has 2 aliphatic rings. The van der Waals surface area contributed by atoms with E-state index in [0.29, 0.717) is 5.90 Å². The molecule has 0 saturated heterocycles. The van der Waals surface area contributed by atoms with E-state index in [4.69, 9.17) is 14.7 Å². The Bertz CT molecular complexity index is 2880. The van der Waals surface area contributed by atoms with E-state index in [1.54, 1.807) is 0 Å². The van der Waals surface area contributed by atoms with Crippen LogP contribution in [0.25, 0.3) is 49.9 Å². The Hall–Kier alpha value is -5.48. The van der Waals surface area contributed by atoms with Crippen molar-refractivity contribution in [1.29, 1.82) is 0 Å². The van der Waals surface area contributed by atoms with Crippen LogP contribution in [0, 0.1) is 62.3 Å². The average Bonchev–Trinajstić information content (AvgIpc) is 3.67. The molecule has 0 radical (unpaired) electrons. The lowest BCUT2D eigenvalue weighted by Gasteiger charge is -2.40. The second kappa shape index (κ2) is 12.3. The second-order valence-electron chi connectivity index (χ2n) is 18.0. The van der Waals surface area contributed by atoms with E-state index in [1.807, 2.05) is 6.20 Å². The number of nitrogens with zero attached hydrogens (tertiary/aromatic N) is 3. The Morgan fingerprint density at radius 2 is 1.36 bits per heavy atom. The highest BCUT2D eigenvalue weighted by Gasteiger charge is 2.51. The number of fused-ring (bicyclic) bond motifs is 9. The molecule has 9 rings (SSSR count). The molecule has 56 heavy (non-hydrogen) atoms. The monoisotopic (exact) mass is 735 g/mol. The molecule has 0 fully saturated rings. The summed E-state index contributed by atoms with van der Waals surface area (Å²) in [4.78, 5) is 10.5. The van der Waals surface area contributed by atoms with E-state index in [0.717, 1.165) is 33.6 Å². The van der Waals surface area contributed by atoms with Crippen LogP contribution in [0.4, 0.5) is 0 Å². The number of benzene rings is 5. The fourth-order valence-electron chi connectivity index (χ4n) is 9.59. The van der Waals surface area contributed by atoms with Gasteiger partial charge in [0.2, 0.25) is 5.90 Å². The van der Waals surface area contributed by atoms with E-state index < -0.39 is 5.60 Å². The summed E-state index contributed by atoms with van der Waals surface area (Å²) in [6, 6.07) is 27.2. The fourth-order valence-corrected chi connectivity index (χ4v) is 9.59.